The van der Waals surface area contributed by atoms with Crippen molar-refractivity contribution in [2.45, 2.75) is 19.4 Å². The quantitative estimate of drug-likeness (QED) is 0.717. The van der Waals surface area contributed by atoms with E-state index in [0.29, 0.717) is 5.91 Å². The first-order chi connectivity index (χ1) is 8.68. The molecule has 0 aromatic heterocycles. The van der Waals surface area contributed by atoms with Crippen LogP contribution in [0.3, 0.4) is 0 Å². The van der Waals surface area contributed by atoms with Crippen LogP contribution in [0.1, 0.15) is 13.3 Å². The predicted molar refractivity (Wildman–Crippen MR) is 72.6 cm³/mol. The number of hydrogen-bond donors (Lipinski definition) is 1. The molecular weight excluding hydrogens is 228 g/mol. The van der Waals surface area contributed by atoms with Gasteiger partial charge in [0.15, 0.2) is 0 Å². The summed E-state index contributed by atoms with van der Waals surface area (Å²) in [6.45, 7) is 9.91. The molecule has 0 spiro atoms. The van der Waals surface area contributed by atoms with Crippen molar-refractivity contribution in [1.29, 1.82) is 0 Å². The van der Waals surface area contributed by atoms with Gasteiger partial charge < -0.3 is 15.1 Å². The van der Waals surface area contributed by atoms with E-state index < -0.39 is 0 Å². The summed E-state index contributed by atoms with van der Waals surface area (Å²) in [7, 11) is 2.16. The molecule has 2 fully saturated rings. The van der Waals surface area contributed by atoms with Gasteiger partial charge in [-0.05, 0) is 26.9 Å². The lowest BCUT2D eigenvalue weighted by Crippen LogP contribution is -2.53. The topological polar surface area (TPSA) is 38.8 Å². The largest absolute Gasteiger partial charge is 0.339 e. The minimum absolute atomic E-state index is 0.0367. The van der Waals surface area contributed by atoms with E-state index in [4.69, 9.17) is 0 Å². The average Bonchev–Trinajstić information content (AvgIpc) is 2.63. The Balaban J connectivity index is 1.88. The third kappa shape index (κ3) is 3.43. The van der Waals surface area contributed by atoms with Crippen molar-refractivity contribution < 1.29 is 4.79 Å². The molecule has 0 aromatic rings. The Bertz CT molecular complexity index is 278. The molecule has 0 saturated carbocycles. The highest BCUT2D eigenvalue weighted by molar-refractivity contribution is 5.81. The molecule has 2 heterocycles. The summed E-state index contributed by atoms with van der Waals surface area (Å²) in [6, 6.07) is 0.0367. The van der Waals surface area contributed by atoms with Crippen LogP contribution in [-0.2, 0) is 4.79 Å². The van der Waals surface area contributed by atoms with E-state index in [1.807, 2.05) is 4.90 Å². The second-order valence-corrected chi connectivity index (χ2v) is 5.44. The van der Waals surface area contributed by atoms with Crippen molar-refractivity contribution in [3.8, 4) is 0 Å². The maximum absolute atomic E-state index is 12.4. The second-order valence-electron chi connectivity index (χ2n) is 5.44. The first kappa shape index (κ1) is 13.8. The van der Waals surface area contributed by atoms with Crippen molar-refractivity contribution in [1.82, 2.24) is 20.0 Å². The summed E-state index contributed by atoms with van der Waals surface area (Å²) >= 11 is 0. The van der Waals surface area contributed by atoms with Gasteiger partial charge >= 0.3 is 0 Å². The zero-order chi connectivity index (χ0) is 13.0. The van der Waals surface area contributed by atoms with Crippen molar-refractivity contribution in [2.75, 3.05) is 59.4 Å². The lowest BCUT2D eigenvalue weighted by atomic mass is 10.2. The fourth-order valence-electron chi connectivity index (χ4n) is 2.76. The van der Waals surface area contributed by atoms with Gasteiger partial charge in [0.25, 0.3) is 0 Å². The first-order valence-corrected chi connectivity index (χ1v) is 7.10. The molecular formula is C13H26N4O. The van der Waals surface area contributed by atoms with E-state index in [9.17, 15) is 4.79 Å². The number of amides is 1. The first-order valence-electron chi connectivity index (χ1n) is 7.10. The standard InChI is InChI=1S/C13H26N4O/c1-12(13(18)17-8-4-14-5-9-17)16-7-3-6-15(2)10-11-16/h12,14H,3-11H2,1-2H3. The van der Waals surface area contributed by atoms with Gasteiger partial charge in [-0.15, -0.1) is 0 Å². The van der Waals surface area contributed by atoms with E-state index in [1.54, 1.807) is 0 Å². The van der Waals surface area contributed by atoms with Crippen LogP contribution < -0.4 is 5.32 Å². The van der Waals surface area contributed by atoms with Gasteiger partial charge in [-0.25, -0.2) is 0 Å². The van der Waals surface area contributed by atoms with E-state index >= 15 is 0 Å². The molecule has 2 rings (SSSR count). The van der Waals surface area contributed by atoms with Gasteiger partial charge in [-0.1, -0.05) is 0 Å². The van der Waals surface area contributed by atoms with Crippen LogP contribution in [0, 0.1) is 0 Å². The van der Waals surface area contributed by atoms with Crippen LogP contribution in [0.15, 0.2) is 0 Å². The van der Waals surface area contributed by atoms with E-state index in [0.717, 1.165) is 58.8 Å². The summed E-state index contributed by atoms with van der Waals surface area (Å²) in [5.74, 6) is 0.307. The van der Waals surface area contributed by atoms with Crippen molar-refractivity contribution >= 4 is 5.91 Å². The Morgan fingerprint density at radius 1 is 1.06 bits per heavy atom. The van der Waals surface area contributed by atoms with Crippen molar-refractivity contribution in [3.63, 3.8) is 0 Å². The zero-order valence-corrected chi connectivity index (χ0v) is 11.7. The van der Waals surface area contributed by atoms with Gasteiger partial charge in [-0.3, -0.25) is 9.69 Å². The number of likely N-dealkylation sites (N-methyl/N-ethyl adjacent to an activating group) is 1. The summed E-state index contributed by atoms with van der Waals surface area (Å²) < 4.78 is 0. The molecule has 2 aliphatic rings. The number of piperazine rings is 1. The van der Waals surface area contributed by atoms with E-state index in [1.165, 1.54) is 0 Å². The Kier molecular flexibility index (Phi) is 4.97. The Morgan fingerprint density at radius 2 is 1.78 bits per heavy atom. The third-order valence-electron chi connectivity index (χ3n) is 4.09. The lowest BCUT2D eigenvalue weighted by molar-refractivity contribution is -0.137. The number of carbonyl (C=O) groups is 1. The fraction of sp³-hybridized carbons (Fsp3) is 0.923. The molecule has 18 heavy (non-hydrogen) atoms. The minimum Gasteiger partial charge on any atom is -0.339 e. The third-order valence-corrected chi connectivity index (χ3v) is 4.09. The smallest absolute Gasteiger partial charge is 0.239 e. The van der Waals surface area contributed by atoms with Crippen LogP contribution in [0.5, 0.6) is 0 Å². The minimum atomic E-state index is 0.0367. The predicted octanol–water partition coefficient (Wildman–Crippen LogP) is -0.556. The van der Waals surface area contributed by atoms with Gasteiger partial charge in [0.1, 0.15) is 0 Å². The number of rotatable bonds is 2. The Labute approximate surface area is 110 Å². The molecule has 1 atom stereocenters. The normalized spacial score (nSPS) is 25.8. The molecule has 0 bridgehead atoms. The molecule has 0 radical (unpaired) electrons. The highest BCUT2D eigenvalue weighted by Crippen LogP contribution is 2.09. The number of nitrogens with one attached hydrogen (secondary N) is 1. The maximum atomic E-state index is 12.4. The second kappa shape index (κ2) is 6.50. The van der Waals surface area contributed by atoms with E-state index in [2.05, 4.69) is 29.1 Å². The fourth-order valence-corrected chi connectivity index (χ4v) is 2.76. The number of nitrogens with zero attached hydrogens (tertiary/aromatic N) is 3. The molecule has 0 aliphatic carbocycles. The summed E-state index contributed by atoms with van der Waals surface area (Å²) in [6.07, 6.45) is 1.16. The summed E-state index contributed by atoms with van der Waals surface area (Å²) in [4.78, 5) is 19.1. The Morgan fingerprint density at radius 3 is 2.50 bits per heavy atom. The monoisotopic (exact) mass is 254 g/mol. The highest BCUT2D eigenvalue weighted by atomic mass is 16.2. The average molecular weight is 254 g/mol. The van der Waals surface area contributed by atoms with Crippen LogP contribution in [0.4, 0.5) is 0 Å². The molecule has 0 aromatic carbocycles. The molecule has 1 unspecified atom stereocenters. The summed E-state index contributed by atoms with van der Waals surface area (Å²) in [5.41, 5.74) is 0. The molecule has 2 aliphatic heterocycles. The molecule has 5 heteroatoms. The van der Waals surface area contributed by atoms with Gasteiger partial charge in [0.2, 0.25) is 5.91 Å². The number of hydrogen-bond acceptors (Lipinski definition) is 4. The van der Waals surface area contributed by atoms with Gasteiger partial charge in [0, 0.05) is 45.8 Å². The van der Waals surface area contributed by atoms with Crippen LogP contribution >= 0.6 is 0 Å². The number of carbonyl (C=O) groups excluding carboxylic acids is 1. The molecule has 2 saturated heterocycles. The van der Waals surface area contributed by atoms with Gasteiger partial charge in [-0.2, -0.15) is 0 Å². The molecule has 1 N–H and O–H groups in total. The maximum Gasteiger partial charge on any atom is 0.239 e. The lowest BCUT2D eigenvalue weighted by Gasteiger charge is -2.34. The molecule has 5 nitrogen and oxygen atoms in total. The summed E-state index contributed by atoms with van der Waals surface area (Å²) in [5, 5.41) is 3.29. The SMILES string of the molecule is CC(C(=O)N1CCNCC1)N1CCCN(C)CC1. The Hall–Kier alpha value is -0.650. The molecule has 104 valence electrons. The van der Waals surface area contributed by atoms with Crippen molar-refractivity contribution in [2.24, 2.45) is 0 Å². The van der Waals surface area contributed by atoms with Gasteiger partial charge in [0.05, 0.1) is 6.04 Å². The van der Waals surface area contributed by atoms with Crippen molar-refractivity contribution in [3.05, 3.63) is 0 Å². The molecule has 1 amide bonds. The van der Waals surface area contributed by atoms with Crippen LogP contribution in [-0.4, -0.2) is 86.1 Å². The van der Waals surface area contributed by atoms with Crippen LogP contribution in [0.25, 0.3) is 0 Å². The van der Waals surface area contributed by atoms with Crippen LogP contribution in [0.2, 0.25) is 0 Å². The zero-order valence-electron chi connectivity index (χ0n) is 11.7. The van der Waals surface area contributed by atoms with E-state index in [-0.39, 0.29) is 6.04 Å². The highest BCUT2D eigenvalue weighted by Gasteiger charge is 2.27.